The lowest BCUT2D eigenvalue weighted by atomic mass is 9.86. The number of ether oxygens (including phenoxy) is 1. The zero-order valence-electron chi connectivity index (χ0n) is 33.8. The molecule has 8 rings (SSSR count). The van der Waals surface area contributed by atoms with E-state index in [4.69, 9.17) is 17.4 Å². The van der Waals surface area contributed by atoms with Crippen molar-refractivity contribution in [2.24, 2.45) is 5.92 Å². The van der Waals surface area contributed by atoms with Crippen molar-refractivity contribution in [2.75, 3.05) is 0 Å². The molecule has 266 valence electrons. The third kappa shape index (κ3) is 6.59. The molecule has 4 heterocycles. The fourth-order valence-corrected chi connectivity index (χ4v) is 6.99. The normalized spacial score (nSPS) is 13.2. The lowest BCUT2D eigenvalue weighted by Crippen LogP contribution is -2.30. The third-order valence-electron chi connectivity index (χ3n) is 9.75. The van der Waals surface area contributed by atoms with E-state index in [0.717, 1.165) is 38.5 Å². The number of pyridine rings is 2. The second-order valence-electron chi connectivity index (χ2n) is 16.2. The topological polar surface area (TPSA) is 48.8 Å². The molecule has 0 aliphatic heterocycles. The highest BCUT2D eigenvalue weighted by atomic mass is 16.5. The van der Waals surface area contributed by atoms with E-state index < -0.39 is 6.37 Å². The van der Waals surface area contributed by atoms with Gasteiger partial charge in [-0.15, -0.1) is 0 Å². The molecular formula is C47H47N5O. The minimum Gasteiger partial charge on any atom is -0.458 e. The Bertz CT molecular complexity index is 2730. The van der Waals surface area contributed by atoms with Crippen LogP contribution in [0.4, 0.5) is 0 Å². The van der Waals surface area contributed by atoms with Crippen LogP contribution in [0.15, 0.2) is 122 Å². The van der Waals surface area contributed by atoms with Crippen LogP contribution < -0.4 is 9.30 Å². The van der Waals surface area contributed by atoms with Gasteiger partial charge in [0.15, 0.2) is 5.82 Å². The summed E-state index contributed by atoms with van der Waals surface area (Å²) in [5.41, 5.74) is 8.04. The molecule has 53 heavy (non-hydrogen) atoms. The van der Waals surface area contributed by atoms with Crippen LogP contribution in [0.2, 0.25) is 0 Å². The van der Waals surface area contributed by atoms with Gasteiger partial charge in [-0.2, -0.15) is 0 Å². The molecule has 0 aliphatic rings. The SMILES string of the molecule is [2H]C([2H])(c1ccnc(-n2c3ccccc3c3ccc(Oc4ccnc(-n5[c-][n+](-c6cccc(C(C)(C)C)c6)c6cc(C(C)(C)C)ccc65)c4)cc32)c1)C(C)C. The van der Waals surface area contributed by atoms with E-state index in [1.165, 1.54) is 11.1 Å². The number of para-hydroxylation sites is 1. The van der Waals surface area contributed by atoms with Gasteiger partial charge in [0, 0.05) is 38.0 Å². The number of benzene rings is 4. The Morgan fingerprint density at radius 3 is 2.19 bits per heavy atom. The lowest BCUT2D eigenvalue weighted by molar-refractivity contribution is -0.572. The third-order valence-corrected chi connectivity index (χ3v) is 9.75. The summed E-state index contributed by atoms with van der Waals surface area (Å²) in [6.07, 6.45) is 5.60. The number of rotatable bonds is 7. The summed E-state index contributed by atoms with van der Waals surface area (Å²) in [4.78, 5) is 9.54. The van der Waals surface area contributed by atoms with Crippen molar-refractivity contribution < 1.29 is 12.0 Å². The van der Waals surface area contributed by atoms with E-state index in [1.54, 1.807) is 18.5 Å². The lowest BCUT2D eigenvalue weighted by Gasteiger charge is -2.21. The summed E-state index contributed by atoms with van der Waals surface area (Å²) >= 11 is 0. The van der Waals surface area contributed by atoms with Crippen LogP contribution in [-0.2, 0) is 17.2 Å². The second-order valence-corrected chi connectivity index (χ2v) is 16.2. The van der Waals surface area contributed by atoms with E-state index >= 15 is 0 Å². The molecule has 0 radical (unpaired) electrons. The minimum atomic E-state index is -1.50. The molecule has 0 unspecified atom stereocenters. The summed E-state index contributed by atoms with van der Waals surface area (Å²) in [7, 11) is 0. The minimum absolute atomic E-state index is 0.000217. The largest absolute Gasteiger partial charge is 0.458 e. The molecule has 4 aromatic carbocycles. The van der Waals surface area contributed by atoms with Gasteiger partial charge in [0.25, 0.3) is 6.33 Å². The molecule has 0 aliphatic carbocycles. The smallest absolute Gasteiger partial charge is 0.271 e. The number of hydrogen-bond acceptors (Lipinski definition) is 3. The molecule has 0 atom stereocenters. The summed E-state index contributed by atoms with van der Waals surface area (Å²) in [6.45, 7) is 17.2. The molecule has 0 spiro atoms. The van der Waals surface area contributed by atoms with Crippen molar-refractivity contribution in [3.63, 3.8) is 0 Å². The zero-order chi connectivity index (χ0) is 38.9. The van der Waals surface area contributed by atoms with Crippen molar-refractivity contribution in [1.82, 2.24) is 19.1 Å². The monoisotopic (exact) mass is 699 g/mol. The van der Waals surface area contributed by atoms with E-state index in [0.29, 0.717) is 28.7 Å². The highest BCUT2D eigenvalue weighted by Crippen LogP contribution is 2.36. The van der Waals surface area contributed by atoms with E-state index in [2.05, 4.69) is 118 Å². The van der Waals surface area contributed by atoms with Crippen molar-refractivity contribution in [1.29, 1.82) is 0 Å². The highest BCUT2D eigenvalue weighted by molar-refractivity contribution is 6.09. The van der Waals surface area contributed by atoms with Gasteiger partial charge < -0.3 is 4.74 Å². The van der Waals surface area contributed by atoms with Crippen molar-refractivity contribution in [3.8, 4) is 28.8 Å². The first kappa shape index (κ1) is 31.9. The van der Waals surface area contributed by atoms with Gasteiger partial charge in [-0.1, -0.05) is 97.9 Å². The second kappa shape index (κ2) is 13.0. The van der Waals surface area contributed by atoms with Gasteiger partial charge >= 0.3 is 0 Å². The maximum absolute atomic E-state index is 8.76. The number of fused-ring (bicyclic) bond motifs is 4. The predicted molar refractivity (Wildman–Crippen MR) is 216 cm³/mol. The molecule has 6 nitrogen and oxygen atoms in total. The quantitative estimate of drug-likeness (QED) is 0.123. The standard InChI is InChI=1S/C47H47N5O/c1-31(2)24-32-20-22-49-45(25-32)52-40-15-10-9-14-38(40)39-18-17-36(28-42(39)52)53-37-21-23-48-44(29-37)51-30-50(35-13-11-12-33(26-35)46(3,4)5)43-27-34(47(6,7)8)16-19-41(43)51/h9-23,25-29,31H,24H2,1-8H3/i24D2. The molecule has 0 saturated carbocycles. The molecule has 4 aromatic heterocycles. The molecule has 0 fully saturated rings. The van der Waals surface area contributed by atoms with Crippen LogP contribution in [0, 0.1) is 12.2 Å². The van der Waals surface area contributed by atoms with Gasteiger partial charge in [0.05, 0.1) is 27.8 Å². The number of aromatic nitrogens is 5. The number of hydrogen-bond donors (Lipinski definition) is 0. The van der Waals surface area contributed by atoms with Gasteiger partial charge in [-0.05, 0) is 94.4 Å². The van der Waals surface area contributed by atoms with Crippen LogP contribution in [0.25, 0.3) is 50.2 Å². The van der Waals surface area contributed by atoms with Gasteiger partial charge in [0.1, 0.15) is 17.3 Å². The molecular weight excluding hydrogens is 651 g/mol. The summed E-state index contributed by atoms with van der Waals surface area (Å²) in [6, 6.07) is 37.1. The Balaban J connectivity index is 1.22. The van der Waals surface area contributed by atoms with Crippen LogP contribution in [0.3, 0.4) is 0 Å². The Hall–Kier alpha value is -5.75. The van der Waals surface area contributed by atoms with E-state index in [1.807, 2.05) is 60.9 Å². The molecule has 8 aromatic rings. The Morgan fingerprint density at radius 1 is 0.679 bits per heavy atom. The Morgan fingerprint density at radius 2 is 1.40 bits per heavy atom. The van der Waals surface area contributed by atoms with Gasteiger partial charge in [-0.3, -0.25) is 18.7 Å². The average molecular weight is 700 g/mol. The number of imidazole rings is 1. The fraction of sp³-hybridized carbons (Fsp3) is 0.255. The van der Waals surface area contributed by atoms with Crippen LogP contribution in [-0.4, -0.2) is 19.1 Å². The van der Waals surface area contributed by atoms with E-state index in [9.17, 15) is 0 Å². The van der Waals surface area contributed by atoms with Gasteiger partial charge in [-0.25, -0.2) is 4.98 Å². The van der Waals surface area contributed by atoms with Crippen LogP contribution in [0.5, 0.6) is 11.5 Å². The number of nitrogens with zero attached hydrogens (tertiary/aromatic N) is 5. The van der Waals surface area contributed by atoms with E-state index in [-0.39, 0.29) is 16.7 Å². The predicted octanol–water partition coefficient (Wildman–Crippen LogP) is 11.2. The summed E-state index contributed by atoms with van der Waals surface area (Å²) in [5.74, 6) is 2.45. The maximum Gasteiger partial charge on any atom is 0.271 e. The highest BCUT2D eigenvalue weighted by Gasteiger charge is 2.21. The van der Waals surface area contributed by atoms with Crippen molar-refractivity contribution in [3.05, 3.63) is 145 Å². The summed E-state index contributed by atoms with van der Waals surface area (Å²) in [5, 5.41) is 2.14. The average Bonchev–Trinajstić information content (AvgIpc) is 3.70. The molecule has 0 saturated heterocycles. The van der Waals surface area contributed by atoms with Crippen molar-refractivity contribution >= 4 is 32.8 Å². The van der Waals surface area contributed by atoms with Gasteiger partial charge in [0.2, 0.25) is 0 Å². The molecule has 0 amide bonds. The Labute approximate surface area is 315 Å². The first-order chi connectivity index (χ1) is 26.1. The molecule has 6 heteroatoms. The molecule has 0 bridgehead atoms. The zero-order valence-corrected chi connectivity index (χ0v) is 31.8. The van der Waals surface area contributed by atoms with Crippen molar-refractivity contribution in [2.45, 2.75) is 72.6 Å². The first-order valence-corrected chi connectivity index (χ1v) is 18.4. The molecule has 0 N–H and O–H groups in total. The first-order valence-electron chi connectivity index (χ1n) is 19.4. The fourth-order valence-electron chi connectivity index (χ4n) is 6.99. The van der Waals surface area contributed by atoms with Crippen LogP contribution in [0.1, 0.15) is 74.8 Å². The summed E-state index contributed by atoms with van der Waals surface area (Å²) < 4.78 is 30.4. The maximum atomic E-state index is 8.76. The Kier molecular flexibility index (Phi) is 7.85. The van der Waals surface area contributed by atoms with Crippen LogP contribution >= 0.6 is 0 Å².